The first-order valence-corrected chi connectivity index (χ1v) is 27.0. The molecule has 0 atom stereocenters. The van der Waals surface area contributed by atoms with Crippen molar-refractivity contribution in [1.29, 1.82) is 10.5 Å². The van der Waals surface area contributed by atoms with Crippen molar-refractivity contribution in [3.8, 4) is 67.8 Å². The Bertz CT molecular complexity index is 5320. The minimum Gasteiger partial charge on any atom is -0.454 e. The summed E-state index contributed by atoms with van der Waals surface area (Å²) in [4.78, 5) is 0. The molecule has 0 saturated carbocycles. The van der Waals surface area contributed by atoms with Gasteiger partial charge in [0, 0.05) is 42.1 Å². The highest BCUT2D eigenvalue weighted by Crippen LogP contribution is 2.46. The zero-order valence-electron chi connectivity index (χ0n) is 41.8. The molecule has 0 amide bonds. The van der Waals surface area contributed by atoms with E-state index in [0.29, 0.717) is 16.7 Å². The van der Waals surface area contributed by atoms with Gasteiger partial charge in [0.15, 0.2) is 5.58 Å². The van der Waals surface area contributed by atoms with E-state index in [9.17, 15) is 10.5 Å². The summed E-state index contributed by atoms with van der Waals surface area (Å²) >= 11 is 1.79. The average Bonchev–Trinajstić information content (AvgIpc) is 4.23. The number of hydrogen-bond donors (Lipinski definition) is 0. The van der Waals surface area contributed by atoms with E-state index in [1.807, 2.05) is 12.1 Å². The topological polar surface area (TPSA) is 60.7 Å². The molecule has 0 radical (unpaired) electrons. The third-order valence-corrected chi connectivity index (χ3v) is 17.5. The standard InChI is InChI=1S/C74H40N2OS/c75-41-43-34-65(74-70(35-43)69-39-48(29-33-71(69)78-74)45-24-22-44(23-25-45)47-26-30-60-56-15-2-1-13-54(56)55-14-3-5-17-58(55)66(60)37-47)51-28-32-62-67-38-49(27-31-61(67)57-16-4-6-18-59(57)68(62)40-51)46-10-7-11-50(36-46)53-19-9-21-64-63-20-8-12-52(42-76)72(63)77-73(53)64/h1-40H. The van der Waals surface area contributed by atoms with Crippen LogP contribution in [-0.2, 0) is 0 Å². The molecule has 2 aromatic heterocycles. The summed E-state index contributed by atoms with van der Waals surface area (Å²) in [5.74, 6) is 0. The summed E-state index contributed by atoms with van der Waals surface area (Å²) in [5, 5.41) is 39.4. The zero-order valence-corrected chi connectivity index (χ0v) is 42.6. The maximum atomic E-state index is 10.6. The molecule has 358 valence electrons. The van der Waals surface area contributed by atoms with E-state index in [0.717, 1.165) is 71.6 Å². The Morgan fingerprint density at radius 3 is 1.29 bits per heavy atom. The molecule has 0 aliphatic heterocycles. The van der Waals surface area contributed by atoms with Crippen molar-refractivity contribution in [3.63, 3.8) is 0 Å². The second-order valence-corrected chi connectivity index (χ2v) is 21.5. The quantitative estimate of drug-likeness (QED) is 0.161. The lowest BCUT2D eigenvalue weighted by Gasteiger charge is -2.14. The van der Waals surface area contributed by atoms with Crippen molar-refractivity contribution in [2.24, 2.45) is 0 Å². The highest BCUT2D eigenvalue weighted by molar-refractivity contribution is 7.26. The third-order valence-electron chi connectivity index (χ3n) is 16.3. The summed E-state index contributed by atoms with van der Waals surface area (Å²) in [6.07, 6.45) is 0. The van der Waals surface area contributed by atoms with Crippen LogP contribution >= 0.6 is 11.3 Å². The Kier molecular flexibility index (Phi) is 9.63. The van der Waals surface area contributed by atoms with Gasteiger partial charge < -0.3 is 4.42 Å². The predicted molar refractivity (Wildman–Crippen MR) is 328 cm³/mol. The SMILES string of the molecule is N#Cc1cc(-c2ccc3c4cc(-c5cccc(-c6cccc7c6oc6c(C#N)cccc67)c5)ccc4c4ccccc4c3c2)c2sc3ccc(-c4ccc(-c5ccc6c7ccccc7c7ccccc7c6c5)cc4)cc3c2c1. The van der Waals surface area contributed by atoms with Gasteiger partial charge in [-0.1, -0.05) is 188 Å². The molecule has 0 aliphatic rings. The van der Waals surface area contributed by atoms with E-state index in [-0.39, 0.29) is 0 Å². The molecule has 0 spiro atoms. The van der Waals surface area contributed by atoms with Gasteiger partial charge in [-0.15, -0.1) is 11.3 Å². The van der Waals surface area contributed by atoms with E-state index < -0.39 is 0 Å². The van der Waals surface area contributed by atoms with E-state index in [2.05, 4.69) is 237 Å². The van der Waals surface area contributed by atoms with Gasteiger partial charge in [0.25, 0.3) is 0 Å². The molecular formula is C74H40N2OS. The van der Waals surface area contributed by atoms with Crippen LogP contribution in [0, 0.1) is 22.7 Å². The summed E-state index contributed by atoms with van der Waals surface area (Å²) in [6, 6.07) is 92.1. The first kappa shape index (κ1) is 44.0. The van der Waals surface area contributed by atoms with Crippen molar-refractivity contribution in [2.75, 3.05) is 0 Å². The molecule has 3 nitrogen and oxygen atoms in total. The normalized spacial score (nSPS) is 11.8. The summed E-state index contributed by atoms with van der Waals surface area (Å²) in [5.41, 5.74) is 13.6. The number of nitriles is 2. The van der Waals surface area contributed by atoms with Crippen LogP contribution in [0.5, 0.6) is 0 Å². The van der Waals surface area contributed by atoms with Crippen LogP contribution in [-0.4, -0.2) is 0 Å². The number of thiophene rings is 1. The van der Waals surface area contributed by atoms with Crippen LogP contribution in [0.25, 0.3) is 162 Å². The van der Waals surface area contributed by atoms with Crippen molar-refractivity contribution in [2.45, 2.75) is 0 Å². The Hall–Kier alpha value is -10.4. The fraction of sp³-hybridized carbons (Fsp3) is 0. The van der Waals surface area contributed by atoms with Gasteiger partial charge in [-0.2, -0.15) is 10.5 Å². The van der Waals surface area contributed by atoms with Crippen molar-refractivity contribution in [1.82, 2.24) is 0 Å². The molecule has 0 fully saturated rings. The molecule has 0 unspecified atom stereocenters. The minimum absolute atomic E-state index is 0.532. The summed E-state index contributed by atoms with van der Waals surface area (Å²) < 4.78 is 8.83. The molecule has 16 aromatic rings. The summed E-state index contributed by atoms with van der Waals surface area (Å²) in [6.45, 7) is 0. The van der Waals surface area contributed by atoms with E-state index in [1.165, 1.54) is 85.2 Å². The molecule has 14 aromatic carbocycles. The van der Waals surface area contributed by atoms with Crippen LogP contribution in [0.2, 0.25) is 0 Å². The van der Waals surface area contributed by atoms with Gasteiger partial charge in [0.2, 0.25) is 0 Å². The lowest BCUT2D eigenvalue weighted by Crippen LogP contribution is -1.88. The number of nitrogens with zero attached hydrogens (tertiary/aromatic N) is 2. The Labute approximate surface area is 451 Å². The second-order valence-electron chi connectivity index (χ2n) is 20.5. The highest BCUT2D eigenvalue weighted by atomic mass is 32.1. The lowest BCUT2D eigenvalue weighted by molar-refractivity contribution is 0.668. The molecule has 0 N–H and O–H groups in total. The largest absolute Gasteiger partial charge is 0.454 e. The maximum absolute atomic E-state index is 10.6. The molecular weight excluding hydrogens is 965 g/mol. The first-order valence-electron chi connectivity index (χ1n) is 26.2. The van der Waals surface area contributed by atoms with Gasteiger partial charge in [-0.3, -0.25) is 0 Å². The van der Waals surface area contributed by atoms with Crippen LogP contribution in [0.4, 0.5) is 0 Å². The number of furan rings is 1. The van der Waals surface area contributed by atoms with Crippen LogP contribution in [0.3, 0.4) is 0 Å². The average molecular weight is 1010 g/mol. The summed E-state index contributed by atoms with van der Waals surface area (Å²) in [7, 11) is 0. The first-order chi connectivity index (χ1) is 38.5. The van der Waals surface area contributed by atoms with E-state index in [4.69, 9.17) is 4.42 Å². The minimum atomic E-state index is 0.532. The van der Waals surface area contributed by atoms with Crippen molar-refractivity contribution in [3.05, 3.63) is 254 Å². The molecule has 0 bridgehead atoms. The molecule has 0 saturated heterocycles. The molecule has 2 heterocycles. The number of para-hydroxylation sites is 2. The Morgan fingerprint density at radius 2 is 0.692 bits per heavy atom. The fourth-order valence-corrected chi connectivity index (χ4v) is 13.8. The fourth-order valence-electron chi connectivity index (χ4n) is 12.6. The predicted octanol–water partition coefficient (Wildman–Crippen LogP) is 21.0. The Morgan fingerprint density at radius 1 is 0.269 bits per heavy atom. The van der Waals surface area contributed by atoms with Gasteiger partial charge in [-0.25, -0.2) is 0 Å². The molecule has 4 heteroatoms. The molecule has 78 heavy (non-hydrogen) atoms. The van der Waals surface area contributed by atoms with Gasteiger partial charge in [0.05, 0.1) is 17.2 Å². The van der Waals surface area contributed by atoms with Crippen molar-refractivity contribution < 1.29 is 4.42 Å². The number of hydrogen-bond acceptors (Lipinski definition) is 4. The second kappa shape index (κ2) is 17.1. The number of benzene rings is 14. The van der Waals surface area contributed by atoms with E-state index >= 15 is 0 Å². The van der Waals surface area contributed by atoms with Gasteiger partial charge in [0.1, 0.15) is 11.7 Å². The number of fused-ring (bicyclic) bond motifs is 18. The zero-order chi connectivity index (χ0) is 51.6. The smallest absolute Gasteiger partial charge is 0.153 e. The van der Waals surface area contributed by atoms with Crippen molar-refractivity contribution >= 4 is 118 Å². The lowest BCUT2D eigenvalue weighted by atomic mass is 9.89. The van der Waals surface area contributed by atoms with Crippen LogP contribution in [0.15, 0.2) is 247 Å². The van der Waals surface area contributed by atoms with Gasteiger partial charge in [-0.05, 0) is 164 Å². The van der Waals surface area contributed by atoms with Crippen LogP contribution < -0.4 is 0 Å². The Balaban J connectivity index is 0.775. The monoisotopic (exact) mass is 1000 g/mol. The number of rotatable bonds is 5. The van der Waals surface area contributed by atoms with Gasteiger partial charge >= 0.3 is 0 Å². The molecule has 16 rings (SSSR count). The maximum Gasteiger partial charge on any atom is 0.153 e. The van der Waals surface area contributed by atoms with E-state index in [1.54, 1.807) is 17.4 Å². The highest BCUT2D eigenvalue weighted by Gasteiger charge is 2.19. The third kappa shape index (κ3) is 6.68. The van der Waals surface area contributed by atoms with Crippen LogP contribution in [0.1, 0.15) is 11.1 Å². The molecule has 0 aliphatic carbocycles.